The van der Waals surface area contributed by atoms with Crippen molar-refractivity contribution >= 4 is 23.3 Å². The number of benzene rings is 1. The molecule has 1 aromatic carbocycles. The van der Waals surface area contributed by atoms with Crippen LogP contribution in [0.1, 0.15) is 12.5 Å². The van der Waals surface area contributed by atoms with Crippen molar-refractivity contribution in [3.05, 3.63) is 23.8 Å². The molecule has 0 spiro atoms. The summed E-state index contributed by atoms with van der Waals surface area (Å²) < 4.78 is 0. The van der Waals surface area contributed by atoms with Crippen molar-refractivity contribution < 1.29 is 14.7 Å². The maximum absolute atomic E-state index is 11.4. The average Bonchev–Trinajstić information content (AvgIpc) is 2.19. The van der Waals surface area contributed by atoms with Crippen LogP contribution in [0.15, 0.2) is 18.2 Å². The van der Waals surface area contributed by atoms with Gasteiger partial charge in [0.2, 0.25) is 5.91 Å². The number of carbonyl (C=O) groups is 2. The molecule has 0 aliphatic carbocycles. The van der Waals surface area contributed by atoms with Crippen LogP contribution in [0, 0.1) is 0 Å². The largest absolute Gasteiger partial charge is 0.481 e. The van der Waals surface area contributed by atoms with Gasteiger partial charge in [-0.05, 0) is 24.6 Å². The van der Waals surface area contributed by atoms with Gasteiger partial charge in [0.15, 0.2) is 0 Å². The van der Waals surface area contributed by atoms with E-state index >= 15 is 0 Å². The molecule has 0 saturated heterocycles. The third-order valence-electron chi connectivity index (χ3n) is 2.46. The maximum atomic E-state index is 11.4. The molecular weight excluding hydrogens is 208 g/mol. The SMILES string of the molecule is CC1Nc2cc(CC(=O)O)ccc2NC1=O. The first kappa shape index (κ1) is 10.5. The molecule has 1 amide bonds. The van der Waals surface area contributed by atoms with Crippen molar-refractivity contribution in [3.63, 3.8) is 0 Å². The molecule has 16 heavy (non-hydrogen) atoms. The van der Waals surface area contributed by atoms with Crippen molar-refractivity contribution in [2.24, 2.45) is 0 Å². The monoisotopic (exact) mass is 220 g/mol. The highest BCUT2D eigenvalue weighted by molar-refractivity contribution is 6.02. The fraction of sp³-hybridized carbons (Fsp3) is 0.273. The number of rotatable bonds is 2. The van der Waals surface area contributed by atoms with Crippen LogP contribution >= 0.6 is 0 Å². The highest BCUT2D eigenvalue weighted by atomic mass is 16.4. The van der Waals surface area contributed by atoms with Crippen LogP contribution in [0.2, 0.25) is 0 Å². The zero-order valence-electron chi connectivity index (χ0n) is 8.78. The summed E-state index contributed by atoms with van der Waals surface area (Å²) in [5.74, 6) is -0.952. The Morgan fingerprint density at radius 3 is 2.88 bits per heavy atom. The van der Waals surface area contributed by atoms with Crippen molar-refractivity contribution in [2.45, 2.75) is 19.4 Å². The van der Waals surface area contributed by atoms with Crippen molar-refractivity contribution in [1.82, 2.24) is 0 Å². The third-order valence-corrected chi connectivity index (χ3v) is 2.46. The smallest absolute Gasteiger partial charge is 0.307 e. The first-order valence-corrected chi connectivity index (χ1v) is 4.98. The summed E-state index contributed by atoms with van der Waals surface area (Å²) in [6.45, 7) is 1.75. The van der Waals surface area contributed by atoms with Gasteiger partial charge >= 0.3 is 5.97 Å². The van der Waals surface area contributed by atoms with Crippen LogP contribution in [0.3, 0.4) is 0 Å². The molecule has 1 atom stereocenters. The van der Waals surface area contributed by atoms with Crippen molar-refractivity contribution in [3.8, 4) is 0 Å². The normalized spacial score (nSPS) is 18.3. The van der Waals surface area contributed by atoms with E-state index in [4.69, 9.17) is 5.11 Å². The van der Waals surface area contributed by atoms with Gasteiger partial charge in [-0.15, -0.1) is 0 Å². The van der Waals surface area contributed by atoms with E-state index < -0.39 is 5.97 Å². The molecule has 1 aliphatic rings. The Kier molecular flexibility index (Phi) is 2.52. The average molecular weight is 220 g/mol. The Hall–Kier alpha value is -2.04. The summed E-state index contributed by atoms with van der Waals surface area (Å²) >= 11 is 0. The second kappa shape index (κ2) is 3.84. The highest BCUT2D eigenvalue weighted by Gasteiger charge is 2.21. The summed E-state index contributed by atoms with van der Waals surface area (Å²) in [5, 5.41) is 14.4. The summed E-state index contributed by atoms with van der Waals surface area (Å²) in [6, 6.07) is 4.86. The summed E-state index contributed by atoms with van der Waals surface area (Å²) in [6.07, 6.45) is -0.0166. The number of fused-ring (bicyclic) bond motifs is 1. The molecule has 0 aromatic heterocycles. The van der Waals surface area contributed by atoms with Gasteiger partial charge in [-0.2, -0.15) is 0 Å². The van der Waals surface area contributed by atoms with E-state index in [-0.39, 0.29) is 18.4 Å². The molecule has 3 N–H and O–H groups in total. The third kappa shape index (κ3) is 1.98. The minimum Gasteiger partial charge on any atom is -0.481 e. The first-order valence-electron chi connectivity index (χ1n) is 4.98. The summed E-state index contributed by atoms with van der Waals surface area (Å²) in [7, 11) is 0. The van der Waals surface area contributed by atoms with Gasteiger partial charge in [0, 0.05) is 0 Å². The number of aliphatic carboxylic acids is 1. The minimum absolute atomic E-state index is 0.0166. The van der Waals surface area contributed by atoms with E-state index in [1.54, 1.807) is 25.1 Å². The van der Waals surface area contributed by atoms with E-state index in [0.717, 1.165) is 5.69 Å². The zero-order chi connectivity index (χ0) is 11.7. The molecule has 2 rings (SSSR count). The number of hydrogen-bond acceptors (Lipinski definition) is 3. The second-order valence-corrected chi connectivity index (χ2v) is 3.81. The topological polar surface area (TPSA) is 78.4 Å². The van der Waals surface area contributed by atoms with Gasteiger partial charge in [-0.25, -0.2) is 0 Å². The molecule has 0 saturated carbocycles. The molecule has 1 heterocycles. The molecule has 0 fully saturated rings. The number of carboxylic acids is 1. The Balaban J connectivity index is 2.29. The van der Waals surface area contributed by atoms with Gasteiger partial charge in [0.1, 0.15) is 6.04 Å². The van der Waals surface area contributed by atoms with Crippen LogP contribution in [-0.2, 0) is 16.0 Å². The Morgan fingerprint density at radius 1 is 1.44 bits per heavy atom. The lowest BCUT2D eigenvalue weighted by atomic mass is 10.1. The maximum Gasteiger partial charge on any atom is 0.307 e. The minimum atomic E-state index is -0.868. The lowest BCUT2D eigenvalue weighted by Crippen LogP contribution is -2.36. The van der Waals surface area contributed by atoms with Gasteiger partial charge < -0.3 is 15.7 Å². The Labute approximate surface area is 92.5 Å². The van der Waals surface area contributed by atoms with E-state index in [9.17, 15) is 9.59 Å². The Morgan fingerprint density at radius 2 is 2.19 bits per heavy atom. The standard InChI is InChI=1S/C11H12N2O3/c1-6-11(16)13-8-3-2-7(5-10(14)15)4-9(8)12-6/h2-4,6,12H,5H2,1H3,(H,13,16)(H,14,15). The fourth-order valence-electron chi connectivity index (χ4n) is 1.64. The molecule has 1 aliphatic heterocycles. The zero-order valence-corrected chi connectivity index (χ0v) is 8.78. The van der Waals surface area contributed by atoms with Gasteiger partial charge in [-0.1, -0.05) is 6.07 Å². The first-order chi connectivity index (χ1) is 7.56. The predicted molar refractivity (Wildman–Crippen MR) is 59.5 cm³/mol. The molecule has 5 heteroatoms. The molecule has 5 nitrogen and oxygen atoms in total. The number of carboxylic acid groups (broad SMARTS) is 1. The van der Waals surface area contributed by atoms with Crippen LogP contribution in [0.25, 0.3) is 0 Å². The number of nitrogens with one attached hydrogen (secondary N) is 2. The molecule has 1 unspecified atom stereocenters. The van der Waals surface area contributed by atoms with Crippen molar-refractivity contribution in [1.29, 1.82) is 0 Å². The van der Waals surface area contributed by atoms with Gasteiger partial charge in [0.05, 0.1) is 17.8 Å². The molecule has 1 aromatic rings. The molecule has 84 valence electrons. The number of hydrogen-bond donors (Lipinski definition) is 3. The summed E-state index contributed by atoms with van der Waals surface area (Å²) in [4.78, 5) is 21.9. The lowest BCUT2D eigenvalue weighted by molar-refractivity contribution is -0.136. The van der Waals surface area contributed by atoms with Crippen LogP contribution in [0.5, 0.6) is 0 Å². The number of amides is 1. The van der Waals surface area contributed by atoms with Crippen LogP contribution in [-0.4, -0.2) is 23.0 Å². The number of anilines is 2. The fourth-order valence-corrected chi connectivity index (χ4v) is 1.64. The lowest BCUT2D eigenvalue weighted by Gasteiger charge is -2.24. The predicted octanol–water partition coefficient (Wildman–Crippen LogP) is 1.07. The van der Waals surface area contributed by atoms with Gasteiger partial charge in [0.25, 0.3) is 0 Å². The molecule has 0 radical (unpaired) electrons. The Bertz CT molecular complexity index is 457. The van der Waals surface area contributed by atoms with Crippen LogP contribution < -0.4 is 10.6 Å². The van der Waals surface area contributed by atoms with E-state index in [0.29, 0.717) is 11.3 Å². The second-order valence-electron chi connectivity index (χ2n) is 3.81. The molecule has 0 bridgehead atoms. The molecular formula is C11H12N2O3. The van der Waals surface area contributed by atoms with E-state index in [2.05, 4.69) is 10.6 Å². The number of carbonyl (C=O) groups excluding carboxylic acids is 1. The highest BCUT2D eigenvalue weighted by Crippen LogP contribution is 2.27. The quantitative estimate of drug-likeness (QED) is 0.696. The summed E-state index contributed by atoms with van der Waals surface area (Å²) in [5.41, 5.74) is 2.17. The van der Waals surface area contributed by atoms with Crippen molar-refractivity contribution in [2.75, 3.05) is 10.6 Å². The van der Waals surface area contributed by atoms with E-state index in [1.807, 2.05) is 0 Å². The van der Waals surface area contributed by atoms with E-state index in [1.165, 1.54) is 0 Å². The van der Waals surface area contributed by atoms with Gasteiger partial charge in [-0.3, -0.25) is 9.59 Å². The van der Waals surface area contributed by atoms with Crippen LogP contribution in [0.4, 0.5) is 11.4 Å².